The second-order valence-electron chi connectivity index (χ2n) is 6.57. The lowest BCUT2D eigenvalue weighted by molar-refractivity contribution is -0.119. The van der Waals surface area contributed by atoms with Crippen molar-refractivity contribution >= 4 is 28.4 Å². The quantitative estimate of drug-likeness (QED) is 0.557. The van der Waals surface area contributed by atoms with Gasteiger partial charge in [0.15, 0.2) is 0 Å². The monoisotopic (exact) mass is 398 g/mol. The van der Waals surface area contributed by atoms with E-state index in [1.54, 1.807) is 18.2 Å². The van der Waals surface area contributed by atoms with Gasteiger partial charge in [-0.1, -0.05) is 24.6 Å². The molecule has 0 fully saturated rings. The average Bonchev–Trinajstić information content (AvgIpc) is 2.66. The molecule has 5 nitrogen and oxygen atoms in total. The molecule has 0 aliphatic heterocycles. The number of amides is 1. The summed E-state index contributed by atoms with van der Waals surface area (Å²) in [6.45, 7) is 6.12. The zero-order chi connectivity index (χ0) is 20.1. The molecule has 2 aromatic carbocycles. The molecule has 1 aromatic heterocycles. The van der Waals surface area contributed by atoms with Crippen molar-refractivity contribution in [3.63, 3.8) is 0 Å². The van der Waals surface area contributed by atoms with Crippen molar-refractivity contribution in [2.45, 2.75) is 33.2 Å². The van der Waals surface area contributed by atoms with E-state index in [1.807, 2.05) is 44.2 Å². The van der Waals surface area contributed by atoms with Gasteiger partial charge < -0.3 is 14.8 Å². The number of benzene rings is 2. The number of aromatic nitrogens is 1. The normalized spacial score (nSPS) is 11.9. The number of halogens is 1. The highest BCUT2D eigenvalue weighted by atomic mass is 35.5. The van der Waals surface area contributed by atoms with Crippen LogP contribution in [0.25, 0.3) is 10.9 Å². The molecule has 0 aliphatic carbocycles. The Labute approximate surface area is 169 Å². The lowest BCUT2D eigenvalue weighted by Gasteiger charge is -2.14. The van der Waals surface area contributed by atoms with Crippen molar-refractivity contribution in [2.75, 3.05) is 6.61 Å². The lowest BCUT2D eigenvalue weighted by atomic mass is 10.1. The van der Waals surface area contributed by atoms with Crippen LogP contribution < -0.4 is 14.8 Å². The van der Waals surface area contributed by atoms with Gasteiger partial charge in [0.1, 0.15) is 11.5 Å². The van der Waals surface area contributed by atoms with Crippen molar-refractivity contribution in [1.29, 1.82) is 0 Å². The molecule has 1 unspecified atom stereocenters. The molecule has 0 bridgehead atoms. The summed E-state index contributed by atoms with van der Waals surface area (Å²) in [5, 5.41) is 4.36. The minimum Gasteiger partial charge on any atom is -0.492 e. The van der Waals surface area contributed by atoms with Crippen LogP contribution in [0.15, 0.2) is 48.5 Å². The molecule has 3 rings (SSSR count). The maximum absolute atomic E-state index is 11.2. The number of rotatable bonds is 7. The first-order valence-corrected chi connectivity index (χ1v) is 9.62. The third-order valence-electron chi connectivity index (χ3n) is 4.19. The van der Waals surface area contributed by atoms with Crippen molar-refractivity contribution in [3.05, 3.63) is 59.1 Å². The summed E-state index contributed by atoms with van der Waals surface area (Å²) in [6, 6.07) is 14.9. The van der Waals surface area contributed by atoms with E-state index in [9.17, 15) is 4.79 Å². The fraction of sp³-hybridized carbons (Fsp3) is 0.273. The number of nitrogens with one attached hydrogen (secondary N) is 1. The Bertz CT molecular complexity index is 991. The standard InChI is InChI=1S/C22H23ClN2O3/c1-4-11-27-21-9-7-18(13-19(21)23)28-22-10-6-17-12-16(5-8-20(17)25-22)14(2)24-15(3)26/h5-10,12-14H,4,11H2,1-3H3,(H,24,26). The summed E-state index contributed by atoms with van der Waals surface area (Å²) < 4.78 is 11.4. The first-order valence-electron chi connectivity index (χ1n) is 9.24. The second-order valence-corrected chi connectivity index (χ2v) is 6.97. The molecule has 6 heteroatoms. The van der Waals surface area contributed by atoms with Crippen molar-refractivity contribution in [2.24, 2.45) is 0 Å². The molecular formula is C22H23ClN2O3. The number of nitrogens with zero attached hydrogens (tertiary/aromatic N) is 1. The first-order chi connectivity index (χ1) is 13.5. The van der Waals surface area contributed by atoms with Gasteiger partial charge in [-0.15, -0.1) is 0 Å². The van der Waals surface area contributed by atoms with E-state index >= 15 is 0 Å². The van der Waals surface area contributed by atoms with Crippen molar-refractivity contribution in [1.82, 2.24) is 10.3 Å². The first kappa shape index (κ1) is 20.0. The summed E-state index contributed by atoms with van der Waals surface area (Å²) in [5.41, 5.74) is 1.83. The van der Waals surface area contributed by atoms with Crippen LogP contribution in [0.1, 0.15) is 38.8 Å². The maximum atomic E-state index is 11.2. The number of pyridine rings is 1. The highest BCUT2D eigenvalue weighted by Gasteiger charge is 2.09. The Balaban J connectivity index is 1.77. The molecule has 3 aromatic rings. The van der Waals surface area contributed by atoms with Gasteiger partial charge in [0.25, 0.3) is 0 Å². The smallest absolute Gasteiger partial charge is 0.219 e. The van der Waals surface area contributed by atoms with E-state index in [4.69, 9.17) is 21.1 Å². The van der Waals surface area contributed by atoms with Crippen LogP contribution >= 0.6 is 11.6 Å². The van der Waals surface area contributed by atoms with Crippen LogP contribution in [0.3, 0.4) is 0 Å². The van der Waals surface area contributed by atoms with Crippen molar-refractivity contribution < 1.29 is 14.3 Å². The van der Waals surface area contributed by atoms with E-state index in [0.717, 1.165) is 22.9 Å². The van der Waals surface area contributed by atoms with Gasteiger partial charge in [0, 0.05) is 24.4 Å². The number of carbonyl (C=O) groups excluding carboxylic acids is 1. The van der Waals surface area contributed by atoms with Crippen LogP contribution in [-0.2, 0) is 4.79 Å². The SMILES string of the molecule is CCCOc1ccc(Oc2ccc3cc(C(C)NC(C)=O)ccc3n2)cc1Cl. The van der Waals surface area contributed by atoms with E-state index in [1.165, 1.54) is 6.92 Å². The number of ether oxygens (including phenoxy) is 2. The molecule has 1 N–H and O–H groups in total. The van der Waals surface area contributed by atoms with Crippen LogP contribution in [0.2, 0.25) is 5.02 Å². The fourth-order valence-corrected chi connectivity index (χ4v) is 3.06. The molecule has 1 atom stereocenters. The Morgan fingerprint density at radius 1 is 1.18 bits per heavy atom. The number of hydrogen-bond acceptors (Lipinski definition) is 4. The maximum Gasteiger partial charge on any atom is 0.219 e. The van der Waals surface area contributed by atoms with E-state index in [-0.39, 0.29) is 11.9 Å². The summed E-state index contributed by atoms with van der Waals surface area (Å²) >= 11 is 6.25. The topological polar surface area (TPSA) is 60.5 Å². The van der Waals surface area contributed by atoms with E-state index in [0.29, 0.717) is 29.0 Å². The summed E-state index contributed by atoms with van der Waals surface area (Å²) in [5.74, 6) is 1.66. The molecule has 0 aliphatic rings. The Morgan fingerprint density at radius 2 is 2.00 bits per heavy atom. The Morgan fingerprint density at radius 3 is 2.71 bits per heavy atom. The van der Waals surface area contributed by atoms with Gasteiger partial charge in [0.05, 0.1) is 23.2 Å². The number of carbonyl (C=O) groups is 1. The van der Waals surface area contributed by atoms with Gasteiger partial charge in [-0.05, 0) is 49.2 Å². The van der Waals surface area contributed by atoms with Gasteiger partial charge in [0.2, 0.25) is 11.8 Å². The lowest BCUT2D eigenvalue weighted by Crippen LogP contribution is -2.23. The highest BCUT2D eigenvalue weighted by molar-refractivity contribution is 6.32. The summed E-state index contributed by atoms with van der Waals surface area (Å²) in [7, 11) is 0. The minimum atomic E-state index is -0.0617. The molecule has 0 spiro atoms. The highest BCUT2D eigenvalue weighted by Crippen LogP contribution is 2.31. The fourth-order valence-electron chi connectivity index (χ4n) is 2.83. The zero-order valence-electron chi connectivity index (χ0n) is 16.2. The zero-order valence-corrected chi connectivity index (χ0v) is 16.9. The van der Waals surface area contributed by atoms with Gasteiger partial charge in [-0.25, -0.2) is 4.98 Å². The Kier molecular flexibility index (Phi) is 6.37. The predicted octanol–water partition coefficient (Wildman–Crippen LogP) is 5.67. The third kappa shape index (κ3) is 4.93. The minimum absolute atomic E-state index is 0.0563. The van der Waals surface area contributed by atoms with Gasteiger partial charge in [-0.3, -0.25) is 4.79 Å². The van der Waals surface area contributed by atoms with Crippen LogP contribution in [0.4, 0.5) is 0 Å². The molecular weight excluding hydrogens is 376 g/mol. The van der Waals surface area contributed by atoms with Gasteiger partial charge in [-0.2, -0.15) is 0 Å². The number of fused-ring (bicyclic) bond motifs is 1. The predicted molar refractivity (Wildman–Crippen MR) is 111 cm³/mol. The molecule has 0 saturated carbocycles. The van der Waals surface area contributed by atoms with Crippen LogP contribution in [0.5, 0.6) is 17.4 Å². The second kappa shape index (κ2) is 8.93. The summed E-state index contributed by atoms with van der Waals surface area (Å²) in [6.07, 6.45) is 0.918. The van der Waals surface area contributed by atoms with Crippen LogP contribution in [0, 0.1) is 0 Å². The van der Waals surface area contributed by atoms with Gasteiger partial charge >= 0.3 is 0 Å². The molecule has 146 valence electrons. The third-order valence-corrected chi connectivity index (χ3v) is 4.49. The average molecular weight is 399 g/mol. The number of hydrogen-bond donors (Lipinski definition) is 1. The summed E-state index contributed by atoms with van der Waals surface area (Å²) in [4.78, 5) is 15.8. The molecule has 1 amide bonds. The molecule has 1 heterocycles. The van der Waals surface area contributed by atoms with Crippen LogP contribution in [-0.4, -0.2) is 17.5 Å². The largest absolute Gasteiger partial charge is 0.492 e. The van der Waals surface area contributed by atoms with Crippen molar-refractivity contribution in [3.8, 4) is 17.4 Å². The molecule has 28 heavy (non-hydrogen) atoms. The molecule has 0 radical (unpaired) electrons. The van der Waals surface area contributed by atoms with E-state index < -0.39 is 0 Å². The van der Waals surface area contributed by atoms with E-state index in [2.05, 4.69) is 10.3 Å². The molecule has 0 saturated heterocycles. The Hall–Kier alpha value is -2.79.